The quantitative estimate of drug-likeness (QED) is 0.602. The van der Waals surface area contributed by atoms with Gasteiger partial charge < -0.3 is 9.47 Å². The van der Waals surface area contributed by atoms with E-state index in [4.69, 9.17) is 9.47 Å². The maximum Gasteiger partial charge on any atom is 0.324 e. The van der Waals surface area contributed by atoms with Gasteiger partial charge in [0.25, 0.3) is 0 Å². The molecule has 2 heterocycles. The highest BCUT2D eigenvalue weighted by Gasteiger charge is 2.24. The molecule has 0 bridgehead atoms. The van der Waals surface area contributed by atoms with E-state index in [1.165, 1.54) is 6.07 Å². The average molecular weight is 255 g/mol. The van der Waals surface area contributed by atoms with Gasteiger partial charge in [0.2, 0.25) is 0 Å². The second-order valence-electron chi connectivity index (χ2n) is 4.21. The fourth-order valence-corrected chi connectivity index (χ4v) is 2.23. The molecule has 2 rings (SSSR count). The van der Waals surface area contributed by atoms with Crippen molar-refractivity contribution in [3.8, 4) is 0 Å². The average Bonchev–Trinajstić information content (AvgIpc) is 2.70. The minimum atomic E-state index is -0.543. The number of ether oxygens (including phenoxy) is 2. The van der Waals surface area contributed by atoms with Crippen molar-refractivity contribution in [3.05, 3.63) is 32.7 Å². The molecule has 0 aliphatic carbocycles. The molecule has 0 N–H and O–H groups in total. The van der Waals surface area contributed by atoms with E-state index in [-0.39, 0.29) is 9.92 Å². The molecule has 0 saturated carbocycles. The van der Waals surface area contributed by atoms with Gasteiger partial charge in [0.15, 0.2) is 5.79 Å². The summed E-state index contributed by atoms with van der Waals surface area (Å²) < 4.78 is 11.0. The van der Waals surface area contributed by atoms with Crippen LogP contribution >= 0.6 is 11.3 Å². The molecule has 1 aromatic heterocycles. The molecule has 6 heteroatoms. The zero-order valence-corrected chi connectivity index (χ0v) is 10.5. The van der Waals surface area contributed by atoms with Gasteiger partial charge in [-0.3, -0.25) is 10.1 Å². The van der Waals surface area contributed by atoms with Gasteiger partial charge in [0.1, 0.15) is 0 Å². The maximum absolute atomic E-state index is 10.5. The van der Waals surface area contributed by atoms with Crippen molar-refractivity contribution in [1.29, 1.82) is 0 Å². The Morgan fingerprint density at radius 3 is 2.59 bits per heavy atom. The summed E-state index contributed by atoms with van der Waals surface area (Å²) in [5.41, 5.74) is 0.987. The lowest BCUT2D eigenvalue weighted by Crippen LogP contribution is -2.35. The molecule has 0 spiro atoms. The third-order valence-electron chi connectivity index (χ3n) is 2.35. The summed E-state index contributed by atoms with van der Waals surface area (Å²) in [6.45, 7) is 4.72. The highest BCUT2D eigenvalue weighted by atomic mass is 32.1. The summed E-state index contributed by atoms with van der Waals surface area (Å²) in [5.74, 6) is -0.543. The van der Waals surface area contributed by atoms with Gasteiger partial charge in [-0.1, -0.05) is 11.3 Å². The van der Waals surface area contributed by atoms with E-state index in [2.05, 4.69) is 0 Å². The molecule has 17 heavy (non-hydrogen) atoms. The molecule has 0 amide bonds. The smallest absolute Gasteiger partial charge is 0.324 e. The predicted octanol–water partition coefficient (Wildman–Crippen LogP) is 2.82. The van der Waals surface area contributed by atoms with Gasteiger partial charge in [-0.25, -0.2) is 0 Å². The van der Waals surface area contributed by atoms with Crippen molar-refractivity contribution in [1.82, 2.24) is 0 Å². The maximum atomic E-state index is 10.5. The van der Waals surface area contributed by atoms with Crippen LogP contribution in [0, 0.1) is 10.1 Å². The fourth-order valence-electron chi connectivity index (χ4n) is 1.42. The van der Waals surface area contributed by atoms with Crippen molar-refractivity contribution in [2.24, 2.45) is 0 Å². The largest absolute Gasteiger partial charge is 0.346 e. The van der Waals surface area contributed by atoms with Gasteiger partial charge in [0, 0.05) is 10.9 Å². The van der Waals surface area contributed by atoms with Crippen LogP contribution in [0.1, 0.15) is 18.7 Å². The lowest BCUT2D eigenvalue weighted by Gasteiger charge is -2.31. The second kappa shape index (κ2) is 4.56. The molecule has 92 valence electrons. The molecule has 1 aromatic rings. The van der Waals surface area contributed by atoms with E-state index < -0.39 is 5.79 Å². The minimum absolute atomic E-state index is 0.148. The SMILES string of the molecule is CC1(C)OCC(=Cc2ccc([N+](=O)[O-])s2)CO1. The highest BCUT2D eigenvalue weighted by Crippen LogP contribution is 2.27. The molecule has 1 fully saturated rings. The lowest BCUT2D eigenvalue weighted by atomic mass is 10.2. The Labute approximate surface area is 103 Å². The molecular formula is C11H13NO4S. The van der Waals surface area contributed by atoms with E-state index in [1.54, 1.807) is 6.07 Å². The van der Waals surface area contributed by atoms with Gasteiger partial charge in [-0.15, -0.1) is 0 Å². The molecule has 1 aliphatic heterocycles. The standard InChI is InChI=1S/C11H13NO4S/c1-11(2)15-6-8(7-16-11)5-9-3-4-10(17-9)12(13)14/h3-5H,6-7H2,1-2H3. The predicted molar refractivity (Wildman–Crippen MR) is 64.9 cm³/mol. The van der Waals surface area contributed by atoms with Crippen LogP contribution < -0.4 is 0 Å². The Balaban J connectivity index is 2.07. The monoisotopic (exact) mass is 255 g/mol. The summed E-state index contributed by atoms with van der Waals surface area (Å²) in [6, 6.07) is 3.24. The van der Waals surface area contributed by atoms with Crippen molar-refractivity contribution in [3.63, 3.8) is 0 Å². The van der Waals surface area contributed by atoms with Crippen LogP contribution in [-0.2, 0) is 9.47 Å². The van der Waals surface area contributed by atoms with E-state index in [9.17, 15) is 10.1 Å². The van der Waals surface area contributed by atoms with Crippen LogP contribution in [0.5, 0.6) is 0 Å². The summed E-state index contributed by atoms with van der Waals surface area (Å²) in [5, 5.41) is 10.7. The second-order valence-corrected chi connectivity index (χ2v) is 5.31. The first-order chi connectivity index (χ1) is 7.96. The van der Waals surface area contributed by atoms with Gasteiger partial charge in [-0.05, 0) is 31.6 Å². The summed E-state index contributed by atoms with van der Waals surface area (Å²) in [6.07, 6.45) is 1.88. The third kappa shape index (κ3) is 3.12. The molecule has 5 nitrogen and oxygen atoms in total. The Kier molecular flexibility index (Phi) is 3.28. The molecule has 0 aromatic carbocycles. The minimum Gasteiger partial charge on any atom is -0.346 e. The normalized spacial score (nSPS) is 19.1. The van der Waals surface area contributed by atoms with Gasteiger partial charge in [-0.2, -0.15) is 0 Å². The molecule has 1 saturated heterocycles. The first-order valence-corrected chi connectivity index (χ1v) is 5.99. The van der Waals surface area contributed by atoms with Crippen LogP contribution in [-0.4, -0.2) is 23.9 Å². The van der Waals surface area contributed by atoms with E-state index >= 15 is 0 Å². The summed E-state index contributed by atoms with van der Waals surface area (Å²) in [4.78, 5) is 11.0. The van der Waals surface area contributed by atoms with E-state index in [0.29, 0.717) is 13.2 Å². The zero-order valence-electron chi connectivity index (χ0n) is 9.63. The van der Waals surface area contributed by atoms with Crippen LogP contribution in [0.25, 0.3) is 6.08 Å². The molecule has 1 aliphatic rings. The number of rotatable bonds is 2. The molecule has 0 unspecified atom stereocenters. The first kappa shape index (κ1) is 12.2. The van der Waals surface area contributed by atoms with Crippen molar-refractivity contribution < 1.29 is 14.4 Å². The number of hydrogen-bond donors (Lipinski definition) is 0. The van der Waals surface area contributed by atoms with Crippen molar-refractivity contribution in [2.45, 2.75) is 19.6 Å². The van der Waals surface area contributed by atoms with E-state index in [1.807, 2.05) is 19.9 Å². The Morgan fingerprint density at radius 1 is 1.41 bits per heavy atom. The number of nitro groups is 1. The van der Waals surface area contributed by atoms with Crippen LogP contribution in [0.4, 0.5) is 5.00 Å². The van der Waals surface area contributed by atoms with Crippen LogP contribution in [0.15, 0.2) is 17.7 Å². The summed E-state index contributed by atoms with van der Waals surface area (Å²) >= 11 is 1.15. The highest BCUT2D eigenvalue weighted by molar-refractivity contribution is 7.16. The molecule has 0 atom stereocenters. The molecular weight excluding hydrogens is 242 g/mol. The Hall–Kier alpha value is -1.24. The van der Waals surface area contributed by atoms with Crippen molar-refractivity contribution in [2.75, 3.05) is 13.2 Å². The Bertz CT molecular complexity index is 452. The number of thiophene rings is 1. The summed E-state index contributed by atoms with van der Waals surface area (Å²) in [7, 11) is 0. The van der Waals surface area contributed by atoms with Crippen LogP contribution in [0.3, 0.4) is 0 Å². The topological polar surface area (TPSA) is 61.6 Å². The van der Waals surface area contributed by atoms with Crippen LogP contribution in [0.2, 0.25) is 0 Å². The van der Waals surface area contributed by atoms with E-state index in [0.717, 1.165) is 21.8 Å². The van der Waals surface area contributed by atoms with Crippen molar-refractivity contribution >= 4 is 22.4 Å². The number of nitrogens with zero attached hydrogens (tertiary/aromatic N) is 1. The first-order valence-electron chi connectivity index (χ1n) is 5.18. The lowest BCUT2D eigenvalue weighted by molar-refractivity contribution is -0.380. The zero-order chi connectivity index (χ0) is 12.5. The van der Waals surface area contributed by atoms with Gasteiger partial charge in [0.05, 0.1) is 18.1 Å². The number of hydrogen-bond acceptors (Lipinski definition) is 5. The third-order valence-corrected chi connectivity index (χ3v) is 3.33. The Morgan fingerprint density at radius 2 is 2.06 bits per heavy atom. The fraction of sp³-hybridized carbons (Fsp3) is 0.455. The van der Waals surface area contributed by atoms with Gasteiger partial charge >= 0.3 is 5.00 Å². The molecule has 0 radical (unpaired) electrons.